The molecule has 1 aromatic rings. The van der Waals surface area contributed by atoms with Gasteiger partial charge in [-0.25, -0.2) is 0 Å². The summed E-state index contributed by atoms with van der Waals surface area (Å²) in [7, 11) is 1.63. The van der Waals surface area contributed by atoms with Gasteiger partial charge in [0.1, 0.15) is 11.6 Å². The minimum Gasteiger partial charge on any atom is -0.497 e. The fraction of sp³-hybridized carbons (Fsp3) is 0.385. The highest BCUT2D eigenvalue weighted by atomic mass is 16.5. The van der Waals surface area contributed by atoms with E-state index in [2.05, 4.69) is 4.99 Å². The summed E-state index contributed by atoms with van der Waals surface area (Å²) in [6.45, 7) is 3.31. The van der Waals surface area contributed by atoms with Gasteiger partial charge in [-0.15, -0.1) is 0 Å². The molecule has 0 spiro atoms. The zero-order chi connectivity index (χ0) is 12.3. The summed E-state index contributed by atoms with van der Waals surface area (Å²) < 4.78 is 5.08. The minimum atomic E-state index is 0.105. The van der Waals surface area contributed by atoms with Crippen LogP contribution in [0.5, 0.6) is 5.75 Å². The molecule has 4 nitrogen and oxygen atoms in total. The van der Waals surface area contributed by atoms with Crippen LogP contribution in [0.25, 0.3) is 0 Å². The largest absolute Gasteiger partial charge is 0.497 e. The van der Waals surface area contributed by atoms with Gasteiger partial charge in [-0.1, -0.05) is 12.1 Å². The van der Waals surface area contributed by atoms with E-state index >= 15 is 0 Å². The molecule has 0 N–H and O–H groups in total. The second-order valence-electron chi connectivity index (χ2n) is 4.00. The molecule has 0 unspecified atom stereocenters. The van der Waals surface area contributed by atoms with Crippen LogP contribution in [0, 0.1) is 0 Å². The van der Waals surface area contributed by atoms with Crippen molar-refractivity contribution in [2.24, 2.45) is 4.99 Å². The van der Waals surface area contributed by atoms with Crippen LogP contribution in [0.15, 0.2) is 29.3 Å². The van der Waals surface area contributed by atoms with E-state index in [-0.39, 0.29) is 5.91 Å². The maximum absolute atomic E-state index is 12.0. The van der Waals surface area contributed by atoms with Crippen molar-refractivity contribution in [1.29, 1.82) is 0 Å². The van der Waals surface area contributed by atoms with Crippen molar-refractivity contribution in [2.75, 3.05) is 20.2 Å². The third-order valence-corrected chi connectivity index (χ3v) is 2.87. The molecule has 0 aliphatic carbocycles. The van der Waals surface area contributed by atoms with Crippen LogP contribution in [0.4, 0.5) is 0 Å². The summed E-state index contributed by atoms with van der Waals surface area (Å²) in [6.07, 6.45) is 0.414. The first-order valence-electron chi connectivity index (χ1n) is 5.65. The van der Waals surface area contributed by atoms with E-state index in [4.69, 9.17) is 4.74 Å². The van der Waals surface area contributed by atoms with Crippen LogP contribution in [0.3, 0.4) is 0 Å². The molecular weight excluding hydrogens is 216 g/mol. The molecule has 0 aromatic heterocycles. The number of aliphatic imine (C=N–C) groups is 1. The molecular formula is C13H16N2O2. The van der Waals surface area contributed by atoms with Gasteiger partial charge in [0.05, 0.1) is 20.1 Å². The average molecular weight is 232 g/mol. The van der Waals surface area contributed by atoms with Crippen molar-refractivity contribution >= 4 is 11.7 Å². The van der Waals surface area contributed by atoms with Crippen LogP contribution < -0.4 is 4.74 Å². The van der Waals surface area contributed by atoms with E-state index in [0.717, 1.165) is 23.7 Å². The van der Waals surface area contributed by atoms with Crippen molar-refractivity contribution in [3.05, 3.63) is 29.8 Å². The molecule has 0 saturated heterocycles. The second kappa shape index (κ2) is 4.99. The Morgan fingerprint density at radius 3 is 2.65 bits per heavy atom. The van der Waals surface area contributed by atoms with Crippen LogP contribution in [-0.2, 0) is 11.2 Å². The Balaban J connectivity index is 2.00. The maximum atomic E-state index is 12.0. The molecule has 0 saturated carbocycles. The monoisotopic (exact) mass is 232 g/mol. The topological polar surface area (TPSA) is 41.9 Å². The molecule has 0 atom stereocenters. The highest BCUT2D eigenvalue weighted by Gasteiger charge is 2.19. The zero-order valence-electron chi connectivity index (χ0n) is 10.1. The summed E-state index contributed by atoms with van der Waals surface area (Å²) in [5.74, 6) is 1.73. The zero-order valence-corrected chi connectivity index (χ0v) is 10.1. The summed E-state index contributed by atoms with van der Waals surface area (Å²) in [5, 5.41) is 0. The normalized spacial score (nSPS) is 14.7. The molecule has 17 heavy (non-hydrogen) atoms. The summed E-state index contributed by atoms with van der Waals surface area (Å²) in [5.41, 5.74) is 0.996. The highest BCUT2D eigenvalue weighted by Crippen LogP contribution is 2.13. The van der Waals surface area contributed by atoms with E-state index < -0.39 is 0 Å². The van der Waals surface area contributed by atoms with Gasteiger partial charge in [0.15, 0.2) is 0 Å². The number of hydrogen-bond donors (Lipinski definition) is 0. The van der Waals surface area contributed by atoms with E-state index in [0.29, 0.717) is 13.0 Å². The first kappa shape index (κ1) is 11.6. The first-order valence-corrected chi connectivity index (χ1v) is 5.65. The van der Waals surface area contributed by atoms with E-state index in [9.17, 15) is 4.79 Å². The number of nitrogens with zero attached hydrogens (tertiary/aromatic N) is 2. The number of hydrogen-bond acceptors (Lipinski definition) is 3. The van der Waals surface area contributed by atoms with Crippen molar-refractivity contribution in [1.82, 2.24) is 4.90 Å². The number of methoxy groups -OCH3 is 1. The SMILES string of the molecule is COc1ccc(CC(=O)N2CCN=C2C)cc1. The van der Waals surface area contributed by atoms with E-state index in [1.165, 1.54) is 0 Å². The molecule has 2 rings (SSSR count). The van der Waals surface area contributed by atoms with Gasteiger partial charge in [-0.2, -0.15) is 0 Å². The summed E-state index contributed by atoms with van der Waals surface area (Å²) >= 11 is 0. The Labute approximate surface area is 101 Å². The Kier molecular flexibility index (Phi) is 3.42. The molecule has 1 amide bonds. The molecule has 0 radical (unpaired) electrons. The lowest BCUT2D eigenvalue weighted by molar-refractivity contribution is -0.126. The molecule has 0 fully saturated rings. The predicted molar refractivity (Wildman–Crippen MR) is 66.4 cm³/mol. The lowest BCUT2D eigenvalue weighted by Gasteiger charge is -2.15. The van der Waals surface area contributed by atoms with Gasteiger partial charge in [-0.05, 0) is 24.6 Å². The van der Waals surface area contributed by atoms with E-state index in [1.807, 2.05) is 31.2 Å². The van der Waals surface area contributed by atoms with Gasteiger partial charge in [0, 0.05) is 6.54 Å². The molecule has 1 aliphatic rings. The molecule has 4 heteroatoms. The predicted octanol–water partition coefficient (Wildman–Crippen LogP) is 1.50. The number of amidine groups is 1. The highest BCUT2D eigenvalue weighted by molar-refractivity contribution is 5.98. The molecule has 0 bridgehead atoms. The lowest BCUT2D eigenvalue weighted by atomic mass is 10.1. The van der Waals surface area contributed by atoms with Crippen molar-refractivity contribution in [3.8, 4) is 5.75 Å². The Bertz CT molecular complexity index is 437. The third kappa shape index (κ3) is 2.64. The van der Waals surface area contributed by atoms with Gasteiger partial charge in [0.2, 0.25) is 5.91 Å². The Hall–Kier alpha value is -1.84. The second-order valence-corrected chi connectivity index (χ2v) is 4.00. The van der Waals surface area contributed by atoms with Gasteiger partial charge >= 0.3 is 0 Å². The van der Waals surface area contributed by atoms with Crippen LogP contribution in [0.1, 0.15) is 12.5 Å². The standard InChI is InChI=1S/C13H16N2O2/c1-10-14-7-8-15(10)13(16)9-11-3-5-12(17-2)6-4-11/h3-6H,7-9H2,1-2H3. The molecule has 1 aliphatic heterocycles. The van der Waals surface area contributed by atoms with Crippen LogP contribution >= 0.6 is 0 Å². The number of rotatable bonds is 3. The van der Waals surface area contributed by atoms with Gasteiger partial charge < -0.3 is 4.74 Å². The van der Waals surface area contributed by atoms with E-state index in [1.54, 1.807) is 12.0 Å². The van der Waals surface area contributed by atoms with Crippen LogP contribution in [-0.4, -0.2) is 36.8 Å². The number of ether oxygens (including phenoxy) is 1. The Morgan fingerprint density at radius 2 is 2.12 bits per heavy atom. The number of carbonyl (C=O) groups is 1. The molecule has 90 valence electrons. The third-order valence-electron chi connectivity index (χ3n) is 2.87. The summed E-state index contributed by atoms with van der Waals surface area (Å²) in [6, 6.07) is 7.57. The smallest absolute Gasteiger partial charge is 0.232 e. The lowest BCUT2D eigenvalue weighted by Crippen LogP contribution is -2.33. The number of benzene rings is 1. The van der Waals surface area contributed by atoms with Crippen molar-refractivity contribution in [2.45, 2.75) is 13.3 Å². The van der Waals surface area contributed by atoms with Crippen molar-refractivity contribution < 1.29 is 9.53 Å². The van der Waals surface area contributed by atoms with Crippen LogP contribution in [0.2, 0.25) is 0 Å². The summed E-state index contributed by atoms with van der Waals surface area (Å²) in [4.78, 5) is 17.9. The maximum Gasteiger partial charge on any atom is 0.232 e. The number of amides is 1. The van der Waals surface area contributed by atoms with Gasteiger partial charge in [0.25, 0.3) is 0 Å². The molecule has 1 aromatic carbocycles. The Morgan fingerprint density at radius 1 is 1.41 bits per heavy atom. The molecule has 1 heterocycles. The minimum absolute atomic E-state index is 0.105. The average Bonchev–Trinajstić information content (AvgIpc) is 2.76. The fourth-order valence-electron chi connectivity index (χ4n) is 1.88. The fourth-order valence-corrected chi connectivity index (χ4v) is 1.88. The van der Waals surface area contributed by atoms with Crippen molar-refractivity contribution in [3.63, 3.8) is 0 Å². The number of carbonyl (C=O) groups excluding carboxylic acids is 1. The quantitative estimate of drug-likeness (QED) is 0.792. The first-order chi connectivity index (χ1) is 8.20. The van der Waals surface area contributed by atoms with Gasteiger partial charge in [-0.3, -0.25) is 14.7 Å².